The molecule has 1 aliphatic rings. The van der Waals surface area contributed by atoms with Gasteiger partial charge in [-0.25, -0.2) is 0 Å². The van der Waals surface area contributed by atoms with Gasteiger partial charge in [0, 0.05) is 18.1 Å². The van der Waals surface area contributed by atoms with E-state index < -0.39 is 0 Å². The molecule has 5 heteroatoms. The van der Waals surface area contributed by atoms with Crippen molar-refractivity contribution < 1.29 is 14.6 Å². The molecule has 1 saturated heterocycles. The number of hydrogen-bond acceptors (Lipinski definition) is 4. The minimum atomic E-state index is -0.0753. The van der Waals surface area contributed by atoms with E-state index in [0.717, 1.165) is 29.3 Å². The molecule has 3 rings (SSSR count). The van der Waals surface area contributed by atoms with E-state index >= 15 is 0 Å². The van der Waals surface area contributed by atoms with Gasteiger partial charge in [-0.05, 0) is 43.5 Å². The largest absolute Gasteiger partial charge is 0.483 e. The molecule has 1 aliphatic heterocycles. The van der Waals surface area contributed by atoms with E-state index in [1.165, 1.54) is 0 Å². The fraction of sp³-hybridized carbons (Fsp3) is 0.412. The van der Waals surface area contributed by atoms with E-state index in [1.54, 1.807) is 17.2 Å². The van der Waals surface area contributed by atoms with Gasteiger partial charge in [0.2, 0.25) is 0 Å². The molecule has 116 valence electrons. The molecule has 2 heterocycles. The second-order valence-electron chi connectivity index (χ2n) is 5.68. The molecule has 1 fully saturated rings. The lowest BCUT2D eigenvalue weighted by Crippen LogP contribution is -2.40. The number of benzene rings is 1. The van der Waals surface area contributed by atoms with Gasteiger partial charge >= 0.3 is 0 Å². The van der Waals surface area contributed by atoms with Crippen LogP contribution in [0.25, 0.3) is 10.9 Å². The first kappa shape index (κ1) is 14.8. The van der Waals surface area contributed by atoms with Gasteiger partial charge in [-0.1, -0.05) is 6.07 Å². The maximum atomic E-state index is 12.3. The zero-order valence-corrected chi connectivity index (χ0v) is 12.7. The summed E-state index contributed by atoms with van der Waals surface area (Å²) >= 11 is 0. The molecule has 0 bridgehead atoms. The normalized spacial score (nSPS) is 17.9. The Morgan fingerprint density at radius 2 is 2.32 bits per heavy atom. The Hall–Kier alpha value is -2.14. The number of likely N-dealkylation sites (tertiary alicyclic amines) is 1. The summed E-state index contributed by atoms with van der Waals surface area (Å²) in [5.41, 5.74) is 2.00. The lowest BCUT2D eigenvalue weighted by Gasteiger charge is -2.23. The van der Waals surface area contributed by atoms with Crippen molar-refractivity contribution in [2.45, 2.75) is 25.8 Å². The average molecular weight is 300 g/mol. The zero-order valence-electron chi connectivity index (χ0n) is 12.7. The maximum Gasteiger partial charge on any atom is 0.260 e. The van der Waals surface area contributed by atoms with Gasteiger partial charge in [0.25, 0.3) is 5.91 Å². The summed E-state index contributed by atoms with van der Waals surface area (Å²) in [5.74, 6) is 0.590. The fourth-order valence-electron chi connectivity index (χ4n) is 2.93. The number of pyridine rings is 1. The van der Waals surface area contributed by atoms with Crippen molar-refractivity contribution in [1.82, 2.24) is 9.88 Å². The van der Waals surface area contributed by atoms with Crippen molar-refractivity contribution in [2.75, 3.05) is 19.8 Å². The number of carbonyl (C=O) groups is 1. The van der Waals surface area contributed by atoms with Gasteiger partial charge in [-0.2, -0.15) is 0 Å². The molecule has 0 radical (unpaired) electrons. The van der Waals surface area contributed by atoms with Crippen LogP contribution in [-0.2, 0) is 4.79 Å². The number of aromatic nitrogens is 1. The highest BCUT2D eigenvalue weighted by Gasteiger charge is 2.28. The third-order valence-electron chi connectivity index (χ3n) is 4.12. The van der Waals surface area contributed by atoms with Gasteiger partial charge in [-0.3, -0.25) is 9.78 Å². The number of rotatable bonds is 4. The van der Waals surface area contributed by atoms with Gasteiger partial charge in [0.05, 0.1) is 18.2 Å². The Morgan fingerprint density at radius 3 is 3.14 bits per heavy atom. The summed E-state index contributed by atoms with van der Waals surface area (Å²) < 4.78 is 5.71. The summed E-state index contributed by atoms with van der Waals surface area (Å²) in [7, 11) is 0. The third kappa shape index (κ3) is 2.90. The molecule has 2 aromatic rings. The zero-order chi connectivity index (χ0) is 15.5. The number of ether oxygens (including phenoxy) is 1. The smallest absolute Gasteiger partial charge is 0.260 e. The fourth-order valence-corrected chi connectivity index (χ4v) is 2.93. The second kappa shape index (κ2) is 6.32. The Morgan fingerprint density at radius 1 is 1.45 bits per heavy atom. The lowest BCUT2D eigenvalue weighted by molar-refractivity contribution is -0.134. The Bertz CT molecular complexity index is 687. The van der Waals surface area contributed by atoms with Crippen LogP contribution in [0.15, 0.2) is 30.5 Å². The minimum Gasteiger partial charge on any atom is -0.483 e. The number of aliphatic hydroxyl groups is 1. The van der Waals surface area contributed by atoms with Crippen LogP contribution in [0.1, 0.15) is 18.4 Å². The van der Waals surface area contributed by atoms with Crippen LogP contribution in [0.3, 0.4) is 0 Å². The number of hydrogen-bond donors (Lipinski definition) is 1. The molecule has 1 aromatic carbocycles. The van der Waals surface area contributed by atoms with Gasteiger partial charge in [0.1, 0.15) is 5.75 Å². The molecule has 1 atom stereocenters. The minimum absolute atomic E-state index is 0.0104. The Balaban J connectivity index is 1.73. The topological polar surface area (TPSA) is 62.7 Å². The van der Waals surface area contributed by atoms with Crippen molar-refractivity contribution in [3.05, 3.63) is 36.0 Å². The van der Waals surface area contributed by atoms with Gasteiger partial charge in [0.15, 0.2) is 6.61 Å². The lowest BCUT2D eigenvalue weighted by atomic mass is 10.1. The summed E-state index contributed by atoms with van der Waals surface area (Å²) in [4.78, 5) is 18.3. The first-order chi connectivity index (χ1) is 10.7. The second-order valence-corrected chi connectivity index (χ2v) is 5.68. The first-order valence-electron chi connectivity index (χ1n) is 7.57. The highest BCUT2D eigenvalue weighted by Crippen LogP contribution is 2.25. The molecule has 22 heavy (non-hydrogen) atoms. The molecule has 0 saturated carbocycles. The molecular formula is C17H20N2O3. The molecule has 0 unspecified atom stereocenters. The van der Waals surface area contributed by atoms with Crippen LogP contribution < -0.4 is 4.74 Å². The van der Waals surface area contributed by atoms with Crippen LogP contribution >= 0.6 is 0 Å². The standard InChI is InChI=1S/C17H20N2O3/c1-12-4-5-14-15(9-12)18-7-6-16(14)22-11-17(21)19-8-2-3-13(19)10-20/h4-7,9,13,20H,2-3,8,10-11H2,1H3/t13-/m1/s1. The van der Waals surface area contributed by atoms with Crippen molar-refractivity contribution in [2.24, 2.45) is 0 Å². The van der Waals surface area contributed by atoms with Crippen LogP contribution in [0.4, 0.5) is 0 Å². The van der Waals surface area contributed by atoms with E-state index in [9.17, 15) is 9.90 Å². The van der Waals surface area contributed by atoms with Crippen molar-refractivity contribution in [1.29, 1.82) is 0 Å². The highest BCUT2D eigenvalue weighted by atomic mass is 16.5. The van der Waals surface area contributed by atoms with E-state index in [2.05, 4.69) is 4.98 Å². The molecule has 1 N–H and O–H groups in total. The number of amides is 1. The van der Waals surface area contributed by atoms with Crippen molar-refractivity contribution in [3.8, 4) is 5.75 Å². The number of nitrogens with zero attached hydrogens (tertiary/aromatic N) is 2. The summed E-state index contributed by atoms with van der Waals surface area (Å²) in [5, 5.41) is 10.2. The number of fused-ring (bicyclic) bond motifs is 1. The van der Waals surface area contributed by atoms with Gasteiger partial charge in [-0.15, -0.1) is 0 Å². The summed E-state index contributed by atoms with van der Waals surface area (Å²) in [6.07, 6.45) is 3.49. The SMILES string of the molecule is Cc1ccc2c(OCC(=O)N3CCC[C@@H]3CO)ccnc2c1. The van der Waals surface area contributed by atoms with E-state index in [-0.39, 0.29) is 25.2 Å². The Kier molecular flexibility index (Phi) is 4.24. The molecule has 5 nitrogen and oxygen atoms in total. The molecule has 1 aromatic heterocycles. The quantitative estimate of drug-likeness (QED) is 0.937. The van der Waals surface area contributed by atoms with Crippen LogP contribution in [-0.4, -0.2) is 46.7 Å². The Labute approximate surface area is 129 Å². The van der Waals surface area contributed by atoms with Crippen LogP contribution in [0.2, 0.25) is 0 Å². The van der Waals surface area contributed by atoms with Crippen molar-refractivity contribution >= 4 is 16.8 Å². The maximum absolute atomic E-state index is 12.3. The predicted molar refractivity (Wildman–Crippen MR) is 83.8 cm³/mol. The summed E-state index contributed by atoms with van der Waals surface area (Å²) in [6.45, 7) is 2.72. The number of aryl methyl sites for hydroxylation is 1. The third-order valence-corrected chi connectivity index (χ3v) is 4.12. The molecular weight excluding hydrogens is 280 g/mol. The van der Waals surface area contributed by atoms with E-state index in [4.69, 9.17) is 4.74 Å². The molecule has 0 aliphatic carbocycles. The molecule has 0 spiro atoms. The predicted octanol–water partition coefficient (Wildman–Crippen LogP) is 1.91. The van der Waals surface area contributed by atoms with Gasteiger partial charge < -0.3 is 14.7 Å². The highest BCUT2D eigenvalue weighted by molar-refractivity contribution is 5.86. The van der Waals surface area contributed by atoms with Crippen LogP contribution in [0.5, 0.6) is 5.75 Å². The monoisotopic (exact) mass is 300 g/mol. The number of carbonyl (C=O) groups excluding carboxylic acids is 1. The summed E-state index contributed by atoms with van der Waals surface area (Å²) in [6, 6.07) is 7.67. The average Bonchev–Trinajstić information content (AvgIpc) is 3.00. The van der Waals surface area contributed by atoms with E-state index in [0.29, 0.717) is 12.3 Å². The first-order valence-corrected chi connectivity index (χ1v) is 7.57. The number of aliphatic hydroxyl groups excluding tert-OH is 1. The molecule has 1 amide bonds. The van der Waals surface area contributed by atoms with E-state index in [1.807, 2.05) is 25.1 Å². The van der Waals surface area contributed by atoms with Crippen molar-refractivity contribution in [3.63, 3.8) is 0 Å². The van der Waals surface area contributed by atoms with Crippen LogP contribution in [0, 0.1) is 6.92 Å².